The first-order valence-corrected chi connectivity index (χ1v) is 5.26. The summed E-state index contributed by atoms with van der Waals surface area (Å²) in [6, 6.07) is 0. The Bertz CT molecular complexity index is 162. The summed E-state index contributed by atoms with van der Waals surface area (Å²) in [7, 11) is 0. The average molecular weight is 187 g/mol. The van der Waals surface area contributed by atoms with E-state index in [2.05, 4.69) is 4.90 Å². The van der Waals surface area contributed by atoms with Crippen LogP contribution in [0.15, 0.2) is 0 Å². The highest BCUT2D eigenvalue weighted by atomic mass is 19.1. The van der Waals surface area contributed by atoms with Crippen molar-refractivity contribution in [2.45, 2.75) is 25.4 Å². The van der Waals surface area contributed by atoms with Gasteiger partial charge in [0.25, 0.3) is 0 Å². The van der Waals surface area contributed by atoms with Gasteiger partial charge in [-0.15, -0.1) is 0 Å². The molecule has 13 heavy (non-hydrogen) atoms. The maximum atomic E-state index is 12.1. The normalized spacial score (nSPS) is 36.5. The summed E-state index contributed by atoms with van der Waals surface area (Å²) >= 11 is 0. The van der Waals surface area contributed by atoms with E-state index < -0.39 is 12.8 Å². The van der Waals surface area contributed by atoms with Gasteiger partial charge in [-0.3, -0.25) is 0 Å². The lowest BCUT2D eigenvalue weighted by Gasteiger charge is -2.18. The van der Waals surface area contributed by atoms with Crippen molar-refractivity contribution in [3.8, 4) is 0 Å². The molecule has 0 bridgehead atoms. The molecule has 3 atom stereocenters. The topological polar surface area (TPSA) is 23.5 Å². The number of hydrogen-bond acceptors (Lipinski definition) is 2. The minimum atomic E-state index is -0.765. The van der Waals surface area contributed by atoms with E-state index in [1.165, 1.54) is 19.3 Å². The van der Waals surface area contributed by atoms with Gasteiger partial charge in [0.05, 0.1) is 6.10 Å². The lowest BCUT2D eigenvalue weighted by Crippen LogP contribution is -2.32. The molecular weight excluding hydrogens is 169 g/mol. The molecule has 2 rings (SSSR count). The Kier molecular flexibility index (Phi) is 2.84. The van der Waals surface area contributed by atoms with Crippen molar-refractivity contribution in [2.75, 3.05) is 26.3 Å². The van der Waals surface area contributed by atoms with Crippen LogP contribution >= 0.6 is 0 Å². The van der Waals surface area contributed by atoms with Crippen molar-refractivity contribution in [3.63, 3.8) is 0 Å². The van der Waals surface area contributed by atoms with Gasteiger partial charge in [-0.2, -0.15) is 0 Å². The SMILES string of the molecule is OC(CF)CN1CC2CCCC2C1. The van der Waals surface area contributed by atoms with Gasteiger partial charge in [0.1, 0.15) is 6.67 Å². The molecule has 0 radical (unpaired) electrons. The average Bonchev–Trinajstić information content (AvgIpc) is 2.63. The van der Waals surface area contributed by atoms with Crippen LogP contribution in [-0.2, 0) is 0 Å². The molecule has 0 aromatic carbocycles. The quantitative estimate of drug-likeness (QED) is 0.714. The zero-order valence-electron chi connectivity index (χ0n) is 7.95. The fourth-order valence-electron chi connectivity index (χ4n) is 2.83. The number of aliphatic hydroxyl groups excluding tert-OH is 1. The monoisotopic (exact) mass is 187 g/mol. The number of likely N-dealkylation sites (tertiary alicyclic amines) is 1. The fourth-order valence-corrected chi connectivity index (χ4v) is 2.83. The number of aliphatic hydroxyl groups is 1. The van der Waals surface area contributed by atoms with E-state index >= 15 is 0 Å². The van der Waals surface area contributed by atoms with Crippen LogP contribution in [0.5, 0.6) is 0 Å². The third-order valence-corrected chi connectivity index (χ3v) is 3.45. The minimum absolute atomic E-state index is 0.531. The molecule has 1 aliphatic heterocycles. The maximum absolute atomic E-state index is 12.1. The van der Waals surface area contributed by atoms with Gasteiger partial charge in [-0.1, -0.05) is 6.42 Å². The van der Waals surface area contributed by atoms with E-state index in [4.69, 9.17) is 5.11 Å². The van der Waals surface area contributed by atoms with Gasteiger partial charge < -0.3 is 10.0 Å². The molecule has 1 heterocycles. The van der Waals surface area contributed by atoms with Gasteiger partial charge in [-0.25, -0.2) is 4.39 Å². The molecule has 1 aliphatic carbocycles. The lowest BCUT2D eigenvalue weighted by atomic mass is 10.0. The Hall–Kier alpha value is -0.150. The van der Waals surface area contributed by atoms with Gasteiger partial charge in [0, 0.05) is 19.6 Å². The van der Waals surface area contributed by atoms with Crippen LogP contribution in [0.25, 0.3) is 0 Å². The fraction of sp³-hybridized carbons (Fsp3) is 1.00. The predicted octanol–water partition coefficient (Wildman–Crippen LogP) is 1.05. The maximum Gasteiger partial charge on any atom is 0.117 e. The Morgan fingerprint density at radius 3 is 2.46 bits per heavy atom. The highest BCUT2D eigenvalue weighted by molar-refractivity contribution is 4.88. The Labute approximate surface area is 78.7 Å². The number of β-amino-alcohol motifs (C(OH)–C–C–N with tert-alkyl or cyclic N) is 1. The second-order valence-corrected chi connectivity index (χ2v) is 4.48. The van der Waals surface area contributed by atoms with Crippen LogP contribution in [0.4, 0.5) is 4.39 Å². The Morgan fingerprint density at radius 1 is 1.31 bits per heavy atom. The van der Waals surface area contributed by atoms with Crippen LogP contribution in [0.1, 0.15) is 19.3 Å². The Balaban J connectivity index is 1.78. The van der Waals surface area contributed by atoms with Crippen molar-refractivity contribution >= 4 is 0 Å². The smallest absolute Gasteiger partial charge is 0.117 e. The molecule has 1 saturated heterocycles. The highest BCUT2D eigenvalue weighted by Crippen LogP contribution is 2.37. The number of nitrogens with zero attached hydrogens (tertiary/aromatic N) is 1. The van der Waals surface area contributed by atoms with Crippen LogP contribution in [-0.4, -0.2) is 42.4 Å². The molecular formula is C10H18FNO. The Morgan fingerprint density at radius 2 is 1.92 bits per heavy atom. The van der Waals surface area contributed by atoms with E-state index in [1.807, 2.05) is 0 Å². The van der Waals surface area contributed by atoms with Crippen LogP contribution in [0.3, 0.4) is 0 Å². The zero-order valence-corrected chi connectivity index (χ0v) is 7.95. The van der Waals surface area contributed by atoms with Crippen LogP contribution in [0.2, 0.25) is 0 Å². The summed E-state index contributed by atoms with van der Waals surface area (Å²) in [5.41, 5.74) is 0. The second kappa shape index (κ2) is 3.93. The molecule has 1 saturated carbocycles. The van der Waals surface area contributed by atoms with E-state index in [0.29, 0.717) is 6.54 Å². The van der Waals surface area contributed by atoms with E-state index in [1.54, 1.807) is 0 Å². The van der Waals surface area contributed by atoms with Crippen molar-refractivity contribution in [3.05, 3.63) is 0 Å². The molecule has 2 fully saturated rings. The third-order valence-electron chi connectivity index (χ3n) is 3.45. The molecule has 3 unspecified atom stereocenters. The van der Waals surface area contributed by atoms with Crippen molar-refractivity contribution in [2.24, 2.45) is 11.8 Å². The molecule has 2 aliphatic rings. The van der Waals surface area contributed by atoms with Crippen LogP contribution in [0, 0.1) is 11.8 Å². The first-order valence-electron chi connectivity index (χ1n) is 5.26. The molecule has 0 aromatic heterocycles. The summed E-state index contributed by atoms with van der Waals surface area (Å²) in [6.07, 6.45) is 3.29. The van der Waals surface area contributed by atoms with Crippen molar-refractivity contribution in [1.82, 2.24) is 4.90 Å². The molecule has 0 aromatic rings. The summed E-state index contributed by atoms with van der Waals surface area (Å²) in [6.45, 7) is 2.10. The lowest BCUT2D eigenvalue weighted by molar-refractivity contribution is 0.0963. The second-order valence-electron chi connectivity index (χ2n) is 4.48. The van der Waals surface area contributed by atoms with Gasteiger partial charge in [0.15, 0.2) is 0 Å². The van der Waals surface area contributed by atoms with Crippen LogP contribution < -0.4 is 0 Å². The molecule has 2 nitrogen and oxygen atoms in total. The third kappa shape index (κ3) is 2.02. The number of halogens is 1. The summed E-state index contributed by atoms with van der Waals surface area (Å²) in [4.78, 5) is 2.22. The highest BCUT2D eigenvalue weighted by Gasteiger charge is 2.36. The van der Waals surface area contributed by atoms with E-state index in [-0.39, 0.29) is 0 Å². The minimum Gasteiger partial charge on any atom is -0.389 e. The molecule has 0 spiro atoms. The van der Waals surface area contributed by atoms with Gasteiger partial charge in [-0.05, 0) is 24.7 Å². The van der Waals surface area contributed by atoms with E-state index in [9.17, 15) is 4.39 Å². The molecule has 1 N–H and O–H groups in total. The number of rotatable bonds is 3. The molecule has 3 heteroatoms. The number of alkyl halides is 1. The molecule has 0 amide bonds. The predicted molar refractivity (Wildman–Crippen MR) is 49.3 cm³/mol. The zero-order chi connectivity index (χ0) is 9.26. The van der Waals surface area contributed by atoms with Crippen molar-refractivity contribution in [1.29, 1.82) is 0 Å². The van der Waals surface area contributed by atoms with E-state index in [0.717, 1.165) is 24.9 Å². The standard InChI is InChI=1S/C10H18FNO/c11-4-10(13)7-12-5-8-2-1-3-9(8)6-12/h8-10,13H,1-7H2. The number of hydrogen-bond donors (Lipinski definition) is 1. The summed E-state index contributed by atoms with van der Waals surface area (Å²) in [5, 5.41) is 9.16. The van der Waals surface area contributed by atoms with Gasteiger partial charge >= 0.3 is 0 Å². The summed E-state index contributed by atoms with van der Waals surface area (Å²) in [5.74, 6) is 1.68. The van der Waals surface area contributed by atoms with Gasteiger partial charge in [0.2, 0.25) is 0 Å². The number of fused-ring (bicyclic) bond motifs is 1. The largest absolute Gasteiger partial charge is 0.389 e. The first kappa shape index (κ1) is 9.41. The summed E-state index contributed by atoms with van der Waals surface area (Å²) < 4.78 is 12.1. The van der Waals surface area contributed by atoms with Crippen molar-refractivity contribution < 1.29 is 9.50 Å². The molecule has 76 valence electrons. The first-order chi connectivity index (χ1) is 6.29.